The van der Waals surface area contributed by atoms with Gasteiger partial charge < -0.3 is 0 Å². The number of aryl methyl sites for hydroxylation is 2. The van der Waals surface area contributed by atoms with Crippen molar-refractivity contribution in [2.75, 3.05) is 0 Å². The lowest BCUT2D eigenvalue weighted by molar-refractivity contribution is 0.104. The monoisotopic (exact) mass is 278 g/mol. The lowest BCUT2D eigenvalue weighted by atomic mass is 9.94. The number of rotatable bonds is 2. The van der Waals surface area contributed by atoms with Crippen LogP contribution in [0.2, 0.25) is 0 Å². The zero-order valence-electron chi connectivity index (χ0n) is 12.0. The van der Waals surface area contributed by atoms with Crippen LogP contribution >= 0.6 is 0 Å². The maximum absolute atomic E-state index is 13.5. The smallest absolute Gasteiger partial charge is 0.193 e. The molecule has 0 aliphatic heterocycles. The Morgan fingerprint density at radius 1 is 0.905 bits per heavy atom. The topological polar surface area (TPSA) is 17.1 Å². The predicted octanol–water partition coefficient (Wildman–Crippen LogP) is 4.83. The molecule has 2 heteroatoms. The van der Waals surface area contributed by atoms with Crippen LogP contribution in [-0.4, -0.2) is 5.78 Å². The zero-order valence-corrected chi connectivity index (χ0v) is 12.0. The lowest BCUT2D eigenvalue weighted by Gasteiger charge is -2.09. The van der Waals surface area contributed by atoms with Crippen molar-refractivity contribution in [2.45, 2.75) is 13.8 Å². The molecule has 0 radical (unpaired) electrons. The van der Waals surface area contributed by atoms with Crippen LogP contribution in [-0.2, 0) is 0 Å². The first-order valence-corrected chi connectivity index (χ1v) is 6.86. The Kier molecular flexibility index (Phi) is 3.30. The minimum atomic E-state index is -0.380. The molecule has 0 aromatic heterocycles. The van der Waals surface area contributed by atoms with Crippen LogP contribution in [0.25, 0.3) is 10.8 Å². The summed E-state index contributed by atoms with van der Waals surface area (Å²) < 4.78 is 13.5. The van der Waals surface area contributed by atoms with E-state index < -0.39 is 0 Å². The summed E-state index contributed by atoms with van der Waals surface area (Å²) in [6.45, 7) is 3.80. The van der Waals surface area contributed by atoms with Gasteiger partial charge >= 0.3 is 0 Å². The molecule has 0 saturated heterocycles. The van der Waals surface area contributed by atoms with Crippen LogP contribution < -0.4 is 0 Å². The van der Waals surface area contributed by atoms with Crippen LogP contribution in [0, 0.1) is 19.7 Å². The van der Waals surface area contributed by atoms with Crippen molar-refractivity contribution in [1.82, 2.24) is 0 Å². The second kappa shape index (κ2) is 5.13. The maximum Gasteiger partial charge on any atom is 0.193 e. The average Bonchev–Trinajstić information content (AvgIpc) is 2.46. The van der Waals surface area contributed by atoms with Gasteiger partial charge in [-0.2, -0.15) is 0 Å². The molecule has 0 fully saturated rings. The molecule has 0 bridgehead atoms. The molecule has 0 saturated carbocycles. The number of fused-ring (bicyclic) bond motifs is 1. The fourth-order valence-corrected chi connectivity index (χ4v) is 2.67. The summed E-state index contributed by atoms with van der Waals surface area (Å²) in [6, 6.07) is 16.0. The van der Waals surface area contributed by atoms with Crippen LogP contribution in [0.3, 0.4) is 0 Å². The van der Waals surface area contributed by atoms with Gasteiger partial charge in [-0.05, 0) is 53.9 Å². The third kappa shape index (κ3) is 2.45. The fraction of sp³-hybridized carbons (Fsp3) is 0.105. The summed E-state index contributed by atoms with van der Waals surface area (Å²) >= 11 is 0. The molecule has 0 spiro atoms. The highest BCUT2D eigenvalue weighted by atomic mass is 19.1. The highest BCUT2D eigenvalue weighted by Crippen LogP contribution is 2.25. The zero-order chi connectivity index (χ0) is 15.0. The quantitative estimate of drug-likeness (QED) is 0.614. The number of carbonyl (C=O) groups excluding carboxylic acids is 1. The van der Waals surface area contributed by atoms with Crippen molar-refractivity contribution in [3.63, 3.8) is 0 Å². The normalized spacial score (nSPS) is 10.8. The summed E-state index contributed by atoms with van der Waals surface area (Å²) in [5.74, 6) is -0.524. The van der Waals surface area contributed by atoms with Gasteiger partial charge in [0.05, 0.1) is 0 Å². The second-order valence-electron chi connectivity index (χ2n) is 5.32. The Hall–Kier alpha value is -2.48. The number of hydrogen-bond acceptors (Lipinski definition) is 1. The van der Waals surface area contributed by atoms with E-state index in [1.54, 1.807) is 13.0 Å². The highest BCUT2D eigenvalue weighted by molar-refractivity contribution is 6.16. The van der Waals surface area contributed by atoms with E-state index >= 15 is 0 Å². The molecule has 3 aromatic rings. The Labute approximate surface area is 123 Å². The van der Waals surface area contributed by atoms with E-state index in [-0.39, 0.29) is 11.6 Å². The van der Waals surface area contributed by atoms with Crippen LogP contribution in [0.4, 0.5) is 4.39 Å². The average molecular weight is 278 g/mol. The van der Waals surface area contributed by atoms with Gasteiger partial charge in [0.2, 0.25) is 0 Å². The third-order valence-corrected chi connectivity index (χ3v) is 3.69. The van der Waals surface area contributed by atoms with E-state index in [0.717, 1.165) is 21.9 Å². The van der Waals surface area contributed by atoms with Gasteiger partial charge in [-0.15, -0.1) is 0 Å². The van der Waals surface area contributed by atoms with E-state index in [2.05, 4.69) is 0 Å². The van der Waals surface area contributed by atoms with Crippen LogP contribution in [0.1, 0.15) is 27.0 Å². The van der Waals surface area contributed by atoms with Crippen molar-refractivity contribution in [1.29, 1.82) is 0 Å². The van der Waals surface area contributed by atoms with Gasteiger partial charge in [0.1, 0.15) is 5.82 Å². The van der Waals surface area contributed by atoms with Gasteiger partial charge in [0.15, 0.2) is 5.78 Å². The minimum absolute atomic E-state index is 0.145. The molecule has 0 heterocycles. The molecule has 0 amide bonds. The first-order chi connectivity index (χ1) is 10.1. The van der Waals surface area contributed by atoms with Crippen molar-refractivity contribution < 1.29 is 9.18 Å². The Balaban J connectivity index is 2.20. The molecule has 0 aliphatic carbocycles. The summed E-state index contributed by atoms with van der Waals surface area (Å²) in [7, 11) is 0. The summed E-state index contributed by atoms with van der Waals surface area (Å²) in [5, 5.41) is 1.96. The number of ketones is 1. The molecule has 0 aliphatic rings. The highest BCUT2D eigenvalue weighted by Gasteiger charge is 2.14. The van der Waals surface area contributed by atoms with Gasteiger partial charge in [0.25, 0.3) is 0 Å². The lowest BCUT2D eigenvalue weighted by Crippen LogP contribution is -2.03. The van der Waals surface area contributed by atoms with Crippen LogP contribution in [0.15, 0.2) is 54.6 Å². The number of halogens is 1. The Morgan fingerprint density at radius 2 is 1.62 bits per heavy atom. The molecule has 3 rings (SSSR count). The summed E-state index contributed by atoms with van der Waals surface area (Å²) in [5.41, 5.74) is 2.87. The van der Waals surface area contributed by atoms with E-state index in [0.29, 0.717) is 11.1 Å². The van der Waals surface area contributed by atoms with Crippen molar-refractivity contribution in [3.05, 3.63) is 82.7 Å². The second-order valence-corrected chi connectivity index (χ2v) is 5.32. The molecule has 104 valence electrons. The molecule has 21 heavy (non-hydrogen) atoms. The van der Waals surface area contributed by atoms with Crippen molar-refractivity contribution in [2.24, 2.45) is 0 Å². The summed E-state index contributed by atoms with van der Waals surface area (Å²) in [4.78, 5) is 12.7. The Bertz CT molecular complexity index is 829. The standard InChI is InChI=1S/C19H15FO/c1-12-9-14(11-15(20)10-12)19(21)18-8-7-13(2)16-5-3-4-6-17(16)18/h3-11H,1-2H3. The molecule has 0 unspecified atom stereocenters. The SMILES string of the molecule is Cc1cc(F)cc(C(=O)c2ccc(C)c3ccccc23)c1. The van der Waals surface area contributed by atoms with Gasteiger partial charge in [-0.1, -0.05) is 36.4 Å². The first kappa shape index (κ1) is 13.5. The molecule has 3 aromatic carbocycles. The largest absolute Gasteiger partial charge is 0.289 e. The maximum atomic E-state index is 13.5. The van der Waals surface area contributed by atoms with E-state index in [1.807, 2.05) is 43.3 Å². The molecule has 0 atom stereocenters. The first-order valence-electron chi connectivity index (χ1n) is 6.86. The van der Waals surface area contributed by atoms with E-state index in [4.69, 9.17) is 0 Å². The van der Waals surface area contributed by atoms with Crippen molar-refractivity contribution >= 4 is 16.6 Å². The van der Waals surface area contributed by atoms with Crippen LogP contribution in [0.5, 0.6) is 0 Å². The van der Waals surface area contributed by atoms with Gasteiger partial charge in [-0.25, -0.2) is 4.39 Å². The number of hydrogen-bond donors (Lipinski definition) is 0. The minimum Gasteiger partial charge on any atom is -0.289 e. The molecule has 1 nitrogen and oxygen atoms in total. The van der Waals surface area contributed by atoms with Gasteiger partial charge in [-0.3, -0.25) is 4.79 Å². The van der Waals surface area contributed by atoms with E-state index in [1.165, 1.54) is 12.1 Å². The predicted molar refractivity (Wildman–Crippen MR) is 83.3 cm³/mol. The third-order valence-electron chi connectivity index (χ3n) is 3.69. The van der Waals surface area contributed by atoms with Gasteiger partial charge in [0, 0.05) is 11.1 Å². The number of carbonyl (C=O) groups is 1. The number of benzene rings is 3. The summed E-state index contributed by atoms with van der Waals surface area (Å²) in [6.07, 6.45) is 0. The van der Waals surface area contributed by atoms with Crippen molar-refractivity contribution in [3.8, 4) is 0 Å². The fourth-order valence-electron chi connectivity index (χ4n) is 2.67. The molecular formula is C19H15FO. The van der Waals surface area contributed by atoms with E-state index in [9.17, 15) is 9.18 Å². The molecule has 0 N–H and O–H groups in total. The molecular weight excluding hydrogens is 263 g/mol. The Morgan fingerprint density at radius 3 is 2.33 bits per heavy atom.